The van der Waals surface area contributed by atoms with Crippen molar-refractivity contribution < 1.29 is 9.47 Å². The van der Waals surface area contributed by atoms with Crippen molar-refractivity contribution >= 4 is 35.6 Å². The van der Waals surface area contributed by atoms with E-state index in [4.69, 9.17) is 15.2 Å². The quantitative estimate of drug-likeness (QED) is 0.348. The standard InChI is InChI=1S/C21H27N3O2.HI/c1-25-18-10-9-17(13-19(18)26-2)24-20(22)23-15-21(11-6-12-21)14-16-7-4-3-5-8-16;/h3-5,7-10,13H,6,11-12,14-15H2,1-2H3,(H3,22,23,24);1H. The molecular formula is C21H28IN3O2. The summed E-state index contributed by atoms with van der Waals surface area (Å²) >= 11 is 0. The van der Waals surface area contributed by atoms with Crippen LogP contribution in [0.15, 0.2) is 53.5 Å². The first-order chi connectivity index (χ1) is 12.6. The van der Waals surface area contributed by atoms with Crippen LogP contribution in [-0.2, 0) is 6.42 Å². The first-order valence-corrected chi connectivity index (χ1v) is 8.97. The van der Waals surface area contributed by atoms with Crippen LogP contribution in [0.2, 0.25) is 0 Å². The summed E-state index contributed by atoms with van der Waals surface area (Å²) in [7, 11) is 3.23. The lowest BCUT2D eigenvalue weighted by molar-refractivity contribution is 0.145. The maximum Gasteiger partial charge on any atom is 0.193 e. The summed E-state index contributed by atoms with van der Waals surface area (Å²) in [5, 5.41) is 3.14. The van der Waals surface area contributed by atoms with Gasteiger partial charge in [-0.3, -0.25) is 4.99 Å². The molecule has 1 aliphatic rings. The molecule has 2 aromatic carbocycles. The summed E-state index contributed by atoms with van der Waals surface area (Å²) in [6.07, 6.45) is 4.73. The molecule has 2 aromatic rings. The number of benzene rings is 2. The van der Waals surface area contributed by atoms with Gasteiger partial charge in [-0.05, 0) is 42.4 Å². The first-order valence-electron chi connectivity index (χ1n) is 8.97. The van der Waals surface area contributed by atoms with Crippen molar-refractivity contribution in [2.75, 3.05) is 26.1 Å². The Morgan fingerprint density at radius 2 is 1.78 bits per heavy atom. The largest absolute Gasteiger partial charge is 0.493 e. The Kier molecular flexibility index (Phi) is 7.77. The van der Waals surface area contributed by atoms with E-state index >= 15 is 0 Å². The van der Waals surface area contributed by atoms with Gasteiger partial charge >= 0.3 is 0 Å². The first kappa shape index (κ1) is 21.3. The molecule has 146 valence electrons. The number of hydrogen-bond donors (Lipinski definition) is 2. The third-order valence-electron chi connectivity index (χ3n) is 5.08. The number of aliphatic imine (C=N–C) groups is 1. The molecule has 3 N–H and O–H groups in total. The fourth-order valence-electron chi connectivity index (χ4n) is 3.45. The van der Waals surface area contributed by atoms with E-state index in [1.54, 1.807) is 14.2 Å². The normalized spacial score (nSPS) is 15.3. The van der Waals surface area contributed by atoms with Crippen LogP contribution in [0.3, 0.4) is 0 Å². The minimum atomic E-state index is 0. The van der Waals surface area contributed by atoms with Gasteiger partial charge < -0.3 is 20.5 Å². The number of guanidine groups is 1. The van der Waals surface area contributed by atoms with Crippen molar-refractivity contribution in [1.29, 1.82) is 0 Å². The van der Waals surface area contributed by atoms with Crippen molar-refractivity contribution in [3.8, 4) is 11.5 Å². The summed E-state index contributed by atoms with van der Waals surface area (Å²) in [5.41, 5.74) is 8.55. The van der Waals surface area contributed by atoms with Crippen molar-refractivity contribution in [2.24, 2.45) is 16.1 Å². The third kappa shape index (κ3) is 5.51. The molecular weight excluding hydrogens is 453 g/mol. The zero-order valence-electron chi connectivity index (χ0n) is 15.9. The van der Waals surface area contributed by atoms with Crippen molar-refractivity contribution in [3.63, 3.8) is 0 Å². The summed E-state index contributed by atoms with van der Waals surface area (Å²) in [4.78, 5) is 4.62. The highest BCUT2D eigenvalue weighted by Crippen LogP contribution is 2.44. The monoisotopic (exact) mass is 481 g/mol. The number of hydrogen-bond acceptors (Lipinski definition) is 3. The summed E-state index contributed by atoms with van der Waals surface area (Å²) in [6.45, 7) is 0.744. The van der Waals surface area contributed by atoms with Crippen LogP contribution in [0.5, 0.6) is 11.5 Å². The molecule has 0 aliphatic heterocycles. The SMILES string of the molecule is COc1ccc(NC(N)=NCC2(Cc3ccccc3)CCC2)cc1OC.I. The molecule has 0 atom stereocenters. The zero-order chi connectivity index (χ0) is 18.4. The molecule has 5 nitrogen and oxygen atoms in total. The molecule has 0 saturated heterocycles. The van der Waals surface area contributed by atoms with E-state index < -0.39 is 0 Å². The molecule has 0 amide bonds. The van der Waals surface area contributed by atoms with Crippen LogP contribution in [0.4, 0.5) is 5.69 Å². The zero-order valence-corrected chi connectivity index (χ0v) is 18.2. The maximum atomic E-state index is 6.11. The maximum absolute atomic E-state index is 6.11. The fourth-order valence-corrected chi connectivity index (χ4v) is 3.45. The van der Waals surface area contributed by atoms with Gasteiger partial charge in [0.25, 0.3) is 0 Å². The Morgan fingerprint density at radius 1 is 1.07 bits per heavy atom. The molecule has 1 aliphatic carbocycles. The lowest BCUT2D eigenvalue weighted by Crippen LogP contribution is -2.36. The molecule has 0 unspecified atom stereocenters. The molecule has 1 fully saturated rings. The summed E-state index contributed by atoms with van der Waals surface area (Å²) in [6, 6.07) is 16.2. The van der Waals surface area contributed by atoms with E-state index in [9.17, 15) is 0 Å². The van der Waals surface area contributed by atoms with Gasteiger partial charge in [0.15, 0.2) is 17.5 Å². The number of nitrogens with zero attached hydrogens (tertiary/aromatic N) is 1. The molecule has 1 saturated carbocycles. The van der Waals surface area contributed by atoms with Crippen LogP contribution in [0.1, 0.15) is 24.8 Å². The average Bonchev–Trinajstić information content (AvgIpc) is 2.64. The molecule has 6 heteroatoms. The number of nitrogens with one attached hydrogen (secondary N) is 1. The predicted molar refractivity (Wildman–Crippen MR) is 122 cm³/mol. The lowest BCUT2D eigenvalue weighted by Gasteiger charge is -2.41. The van der Waals surface area contributed by atoms with E-state index in [2.05, 4.69) is 40.6 Å². The highest BCUT2D eigenvalue weighted by Gasteiger charge is 2.36. The molecule has 27 heavy (non-hydrogen) atoms. The van der Waals surface area contributed by atoms with Crippen LogP contribution in [-0.4, -0.2) is 26.7 Å². The van der Waals surface area contributed by atoms with Gasteiger partial charge in [-0.25, -0.2) is 0 Å². The molecule has 0 bridgehead atoms. The Balaban J connectivity index is 0.00000261. The second-order valence-corrected chi connectivity index (χ2v) is 6.91. The van der Waals surface area contributed by atoms with Gasteiger partial charge in [-0.1, -0.05) is 36.8 Å². The average molecular weight is 481 g/mol. The Morgan fingerprint density at radius 3 is 2.37 bits per heavy atom. The second kappa shape index (κ2) is 9.82. The Hall–Kier alpha value is -1.96. The molecule has 0 aromatic heterocycles. The minimum Gasteiger partial charge on any atom is -0.493 e. The number of rotatable bonds is 7. The highest BCUT2D eigenvalue weighted by molar-refractivity contribution is 14.0. The number of anilines is 1. The number of methoxy groups -OCH3 is 2. The topological polar surface area (TPSA) is 68.9 Å². The van der Waals surface area contributed by atoms with Gasteiger partial charge in [0, 0.05) is 18.3 Å². The van der Waals surface area contributed by atoms with Gasteiger partial charge in [0.2, 0.25) is 0 Å². The lowest BCUT2D eigenvalue weighted by atomic mass is 9.65. The molecule has 3 rings (SSSR count). The van der Waals surface area contributed by atoms with Crippen LogP contribution in [0.25, 0.3) is 0 Å². The molecule has 0 heterocycles. The van der Waals surface area contributed by atoms with Gasteiger partial charge in [0.1, 0.15) is 0 Å². The Labute approximate surface area is 178 Å². The van der Waals surface area contributed by atoms with E-state index in [1.807, 2.05) is 18.2 Å². The highest BCUT2D eigenvalue weighted by atomic mass is 127. The van der Waals surface area contributed by atoms with Gasteiger partial charge in [0.05, 0.1) is 14.2 Å². The van der Waals surface area contributed by atoms with E-state index in [1.165, 1.54) is 24.8 Å². The van der Waals surface area contributed by atoms with E-state index in [-0.39, 0.29) is 29.4 Å². The smallest absolute Gasteiger partial charge is 0.193 e. The molecule has 0 radical (unpaired) electrons. The number of nitrogens with two attached hydrogens (primary N) is 1. The van der Waals surface area contributed by atoms with Crippen molar-refractivity contribution in [2.45, 2.75) is 25.7 Å². The van der Waals surface area contributed by atoms with Crippen molar-refractivity contribution in [1.82, 2.24) is 0 Å². The van der Waals surface area contributed by atoms with Crippen LogP contribution < -0.4 is 20.5 Å². The van der Waals surface area contributed by atoms with Gasteiger partial charge in [-0.15, -0.1) is 24.0 Å². The summed E-state index contributed by atoms with van der Waals surface area (Å²) < 4.78 is 10.6. The van der Waals surface area contributed by atoms with E-state index in [0.717, 1.165) is 18.7 Å². The predicted octanol–water partition coefficient (Wildman–Crippen LogP) is 4.46. The molecule has 0 spiro atoms. The summed E-state index contributed by atoms with van der Waals surface area (Å²) in [5.74, 6) is 1.77. The van der Waals surface area contributed by atoms with E-state index in [0.29, 0.717) is 17.5 Å². The third-order valence-corrected chi connectivity index (χ3v) is 5.08. The Bertz CT molecular complexity index is 761. The number of halogens is 1. The van der Waals surface area contributed by atoms with Crippen LogP contribution in [0, 0.1) is 5.41 Å². The van der Waals surface area contributed by atoms with Crippen molar-refractivity contribution in [3.05, 3.63) is 54.1 Å². The second-order valence-electron chi connectivity index (χ2n) is 6.91. The fraction of sp³-hybridized carbons (Fsp3) is 0.381. The number of ether oxygens (including phenoxy) is 2. The van der Waals surface area contributed by atoms with Crippen LogP contribution >= 0.6 is 24.0 Å². The van der Waals surface area contributed by atoms with Gasteiger partial charge in [-0.2, -0.15) is 0 Å². The minimum absolute atomic E-state index is 0.